The van der Waals surface area contributed by atoms with E-state index in [-0.39, 0.29) is 18.3 Å². The third kappa shape index (κ3) is 1.83. The molecule has 0 aliphatic carbocycles. The Balaban J connectivity index is 2.33. The van der Waals surface area contributed by atoms with E-state index in [4.69, 9.17) is 4.78 Å². The van der Waals surface area contributed by atoms with Gasteiger partial charge in [-0.05, 0) is 17.7 Å². The molecule has 0 fully saturated rings. The number of benzene rings is 1. The maximum atomic E-state index is 11.3. The Morgan fingerprint density at radius 2 is 2.31 bits per heavy atom. The highest BCUT2D eigenvalue weighted by atomic mass is 32.2. The third-order valence-corrected chi connectivity index (χ3v) is 3.45. The minimum Gasteiger partial charge on any atom is -0.469 e. The van der Waals surface area contributed by atoms with E-state index in [0.717, 1.165) is 5.56 Å². The van der Waals surface area contributed by atoms with Gasteiger partial charge in [0.25, 0.3) is 5.91 Å². The molecule has 1 aliphatic heterocycles. The summed E-state index contributed by atoms with van der Waals surface area (Å²) >= 11 is 0. The number of rotatable bonds is 2. The number of carbonyl (C=O) groups is 2. The summed E-state index contributed by atoms with van der Waals surface area (Å²) in [6.07, 6.45) is 0.162. The van der Waals surface area contributed by atoms with E-state index >= 15 is 0 Å². The smallest absolute Gasteiger partial charge is 0.309 e. The predicted octanol–water partition coefficient (Wildman–Crippen LogP) is 0.800. The van der Waals surface area contributed by atoms with Crippen molar-refractivity contribution in [1.29, 1.82) is 4.78 Å². The van der Waals surface area contributed by atoms with Gasteiger partial charge in [-0.2, -0.15) is 0 Å². The van der Waals surface area contributed by atoms with Gasteiger partial charge < -0.3 is 4.74 Å². The average Bonchev–Trinajstić information content (AvgIpc) is 2.54. The summed E-state index contributed by atoms with van der Waals surface area (Å²) in [5, 5.41) is 0. The Kier molecular flexibility index (Phi) is 2.74. The second-order valence-electron chi connectivity index (χ2n) is 3.32. The first-order valence-corrected chi connectivity index (χ1v) is 5.80. The molecule has 1 aromatic rings. The van der Waals surface area contributed by atoms with Crippen molar-refractivity contribution in [3.05, 3.63) is 29.3 Å². The van der Waals surface area contributed by atoms with E-state index in [1.807, 2.05) is 0 Å². The van der Waals surface area contributed by atoms with E-state index in [1.165, 1.54) is 7.11 Å². The van der Waals surface area contributed by atoms with E-state index in [2.05, 4.69) is 9.46 Å². The highest BCUT2D eigenvalue weighted by Gasteiger charge is 2.23. The lowest BCUT2D eigenvalue weighted by Gasteiger charge is -2.02. The van der Waals surface area contributed by atoms with Crippen LogP contribution in [-0.4, -0.2) is 19.0 Å². The van der Waals surface area contributed by atoms with E-state index in [1.54, 1.807) is 18.2 Å². The lowest BCUT2D eigenvalue weighted by atomic mass is 10.1. The van der Waals surface area contributed by atoms with Crippen LogP contribution in [0, 0.1) is 4.78 Å². The molecule has 1 unspecified atom stereocenters. The lowest BCUT2D eigenvalue weighted by Crippen LogP contribution is -2.14. The summed E-state index contributed by atoms with van der Waals surface area (Å²) in [6, 6.07) is 5.06. The van der Waals surface area contributed by atoms with Gasteiger partial charge in [0.1, 0.15) is 0 Å². The number of fused-ring (bicyclic) bond motifs is 1. The minimum atomic E-state index is -1.01. The lowest BCUT2D eigenvalue weighted by molar-refractivity contribution is -0.139. The van der Waals surface area contributed by atoms with Crippen LogP contribution in [-0.2, 0) is 26.8 Å². The number of hydrogen-bond acceptors (Lipinski definition) is 4. The molecule has 1 amide bonds. The molecule has 0 radical (unpaired) electrons. The van der Waals surface area contributed by atoms with Crippen molar-refractivity contribution in [2.24, 2.45) is 0 Å². The average molecular weight is 238 g/mol. The van der Waals surface area contributed by atoms with Gasteiger partial charge in [-0.15, -0.1) is 0 Å². The van der Waals surface area contributed by atoms with Crippen molar-refractivity contribution in [2.75, 3.05) is 7.11 Å². The summed E-state index contributed by atoms with van der Waals surface area (Å²) in [4.78, 5) is 23.1. The number of amides is 1. The first kappa shape index (κ1) is 10.8. The zero-order valence-electron chi connectivity index (χ0n) is 8.57. The molecule has 5 nitrogen and oxygen atoms in total. The second kappa shape index (κ2) is 4.05. The van der Waals surface area contributed by atoms with Crippen molar-refractivity contribution in [3.8, 4) is 0 Å². The molecule has 0 spiro atoms. The predicted molar refractivity (Wildman–Crippen MR) is 58.0 cm³/mol. The van der Waals surface area contributed by atoms with Crippen LogP contribution >= 0.6 is 0 Å². The number of ether oxygens (including phenoxy) is 1. The summed E-state index contributed by atoms with van der Waals surface area (Å²) in [7, 11) is 0.323. The van der Waals surface area contributed by atoms with Gasteiger partial charge in [-0.3, -0.25) is 19.1 Å². The Morgan fingerprint density at radius 3 is 3.00 bits per heavy atom. The summed E-state index contributed by atoms with van der Waals surface area (Å²) in [5.74, 6) is -0.556. The van der Waals surface area contributed by atoms with E-state index in [0.29, 0.717) is 10.5 Å². The van der Waals surface area contributed by atoms with Crippen LogP contribution in [0.1, 0.15) is 15.9 Å². The molecule has 1 atom stereocenters. The normalized spacial score (nSPS) is 17.8. The largest absolute Gasteiger partial charge is 0.469 e. The fraction of sp³-hybridized carbons (Fsp3) is 0.200. The van der Waals surface area contributed by atoms with Crippen LogP contribution < -0.4 is 4.72 Å². The molecule has 2 N–H and O–H groups in total. The maximum absolute atomic E-state index is 11.3. The standard InChI is InChI=1S/C10H10N2O3S/c1-15-9(13)5-6-2-3-7-8(4-6)16(11)12-10(7)14/h2-4H,5H2,1H3,(H2,11,12,14). The van der Waals surface area contributed by atoms with Crippen molar-refractivity contribution >= 4 is 22.8 Å². The SMILES string of the molecule is COC(=O)Cc1ccc2c(c1)S(=N)NC2=O. The van der Waals surface area contributed by atoms with Gasteiger partial charge in [-0.1, -0.05) is 6.07 Å². The fourth-order valence-electron chi connectivity index (χ4n) is 1.47. The quantitative estimate of drug-likeness (QED) is 0.748. The molecule has 84 valence electrons. The second-order valence-corrected chi connectivity index (χ2v) is 4.58. The number of hydrogen-bond donors (Lipinski definition) is 2. The molecule has 16 heavy (non-hydrogen) atoms. The number of nitrogens with one attached hydrogen (secondary N) is 2. The van der Waals surface area contributed by atoms with Crippen molar-refractivity contribution in [3.63, 3.8) is 0 Å². The van der Waals surface area contributed by atoms with Crippen LogP contribution in [0.25, 0.3) is 0 Å². The minimum absolute atomic E-state index is 0.162. The molecule has 0 saturated heterocycles. The van der Waals surface area contributed by atoms with Crippen LogP contribution in [0.15, 0.2) is 23.1 Å². The number of carbonyl (C=O) groups excluding carboxylic acids is 2. The number of esters is 1. The number of methoxy groups -OCH3 is 1. The zero-order chi connectivity index (χ0) is 11.7. The van der Waals surface area contributed by atoms with Gasteiger partial charge in [0, 0.05) is 10.9 Å². The van der Waals surface area contributed by atoms with Crippen molar-refractivity contribution in [1.82, 2.24) is 4.72 Å². The van der Waals surface area contributed by atoms with Gasteiger partial charge in [0.2, 0.25) is 0 Å². The van der Waals surface area contributed by atoms with Crippen LogP contribution in [0.3, 0.4) is 0 Å². The zero-order valence-corrected chi connectivity index (χ0v) is 9.39. The third-order valence-electron chi connectivity index (χ3n) is 2.28. The molecule has 1 aromatic carbocycles. The van der Waals surface area contributed by atoms with Gasteiger partial charge in [0.05, 0.1) is 24.0 Å². The maximum Gasteiger partial charge on any atom is 0.309 e. The van der Waals surface area contributed by atoms with Gasteiger partial charge in [0.15, 0.2) is 0 Å². The fourth-order valence-corrected chi connectivity index (χ4v) is 2.53. The van der Waals surface area contributed by atoms with Crippen LogP contribution in [0.4, 0.5) is 0 Å². The van der Waals surface area contributed by atoms with Gasteiger partial charge >= 0.3 is 5.97 Å². The monoisotopic (exact) mass is 238 g/mol. The first-order valence-electron chi connectivity index (χ1n) is 4.58. The molecule has 0 bridgehead atoms. The Labute approximate surface area is 94.8 Å². The summed E-state index contributed by atoms with van der Waals surface area (Å²) in [6.45, 7) is 0. The molecular weight excluding hydrogens is 228 g/mol. The van der Waals surface area contributed by atoms with Crippen molar-refractivity contribution < 1.29 is 14.3 Å². The molecule has 2 rings (SSSR count). The molecular formula is C10H10N2O3S. The molecule has 1 aliphatic rings. The van der Waals surface area contributed by atoms with E-state index < -0.39 is 10.9 Å². The first-order chi connectivity index (χ1) is 7.61. The topological polar surface area (TPSA) is 79.2 Å². The summed E-state index contributed by atoms with van der Waals surface area (Å²) < 4.78 is 14.7. The molecule has 1 heterocycles. The highest BCUT2D eigenvalue weighted by molar-refractivity contribution is 7.85. The highest BCUT2D eigenvalue weighted by Crippen LogP contribution is 2.21. The molecule has 0 aromatic heterocycles. The Morgan fingerprint density at radius 1 is 1.56 bits per heavy atom. The van der Waals surface area contributed by atoms with Crippen LogP contribution in [0.5, 0.6) is 0 Å². The Bertz CT molecular complexity index is 499. The van der Waals surface area contributed by atoms with E-state index in [9.17, 15) is 9.59 Å². The van der Waals surface area contributed by atoms with Crippen LogP contribution in [0.2, 0.25) is 0 Å². The molecule has 6 heteroatoms. The Hall–Kier alpha value is -1.69. The summed E-state index contributed by atoms with van der Waals surface area (Å²) in [5.41, 5.74) is 1.28. The van der Waals surface area contributed by atoms with Crippen molar-refractivity contribution in [2.45, 2.75) is 11.3 Å². The molecule has 0 saturated carbocycles. The van der Waals surface area contributed by atoms with Gasteiger partial charge in [-0.25, -0.2) is 0 Å².